The molecule has 7 nitrogen and oxygen atoms in total. The van der Waals surface area contributed by atoms with Gasteiger partial charge in [-0.05, 0) is 30.3 Å². The van der Waals surface area contributed by atoms with Crippen LogP contribution in [-0.2, 0) is 20.9 Å². The molecule has 8 heteroatoms. The lowest BCUT2D eigenvalue weighted by molar-refractivity contribution is -0.147. The highest BCUT2D eigenvalue weighted by atomic mass is 35.5. The molecule has 0 unspecified atom stereocenters. The molecule has 0 saturated carbocycles. The molecule has 0 spiro atoms. The highest BCUT2D eigenvalue weighted by Crippen LogP contribution is 2.22. The zero-order valence-corrected chi connectivity index (χ0v) is 15.6. The van der Waals surface area contributed by atoms with Gasteiger partial charge in [0.25, 0.3) is 0 Å². The summed E-state index contributed by atoms with van der Waals surface area (Å²) in [5.41, 5.74) is 0.664. The van der Waals surface area contributed by atoms with Crippen molar-refractivity contribution < 1.29 is 23.5 Å². The van der Waals surface area contributed by atoms with Crippen LogP contribution < -0.4 is 15.7 Å². The maximum atomic E-state index is 11.9. The number of rotatable bonds is 6. The molecule has 1 N–H and O–H groups in total. The van der Waals surface area contributed by atoms with Gasteiger partial charge in [0.05, 0.1) is 0 Å². The molecule has 0 radical (unpaired) electrons. The fourth-order valence-corrected chi connectivity index (χ4v) is 2.71. The van der Waals surface area contributed by atoms with Crippen LogP contribution in [0.5, 0.6) is 5.75 Å². The summed E-state index contributed by atoms with van der Waals surface area (Å²) in [4.78, 5) is 34.9. The second kappa shape index (κ2) is 8.58. The molecule has 1 aromatic heterocycles. The number of anilines is 1. The number of hydrogen-bond acceptors (Lipinski definition) is 6. The van der Waals surface area contributed by atoms with Gasteiger partial charge in [-0.25, -0.2) is 9.59 Å². The highest BCUT2D eigenvalue weighted by Gasteiger charge is 2.11. The van der Waals surface area contributed by atoms with Gasteiger partial charge in [-0.3, -0.25) is 4.79 Å². The SMILES string of the molecule is CC(=O)Nc1ccc2c(COC(=O)COc3cccc(Cl)c3)cc(=O)oc2c1. The van der Waals surface area contributed by atoms with E-state index in [0.29, 0.717) is 27.4 Å². The minimum atomic E-state index is -0.601. The number of ether oxygens (including phenoxy) is 2. The van der Waals surface area contributed by atoms with Gasteiger partial charge in [0, 0.05) is 40.7 Å². The number of carbonyl (C=O) groups is 2. The van der Waals surface area contributed by atoms with E-state index in [1.165, 1.54) is 19.1 Å². The van der Waals surface area contributed by atoms with Crippen molar-refractivity contribution in [3.63, 3.8) is 0 Å². The number of nitrogens with one attached hydrogen (secondary N) is 1. The Morgan fingerprint density at radius 1 is 1.14 bits per heavy atom. The van der Waals surface area contributed by atoms with Crippen LogP contribution in [0.4, 0.5) is 5.69 Å². The second-order valence-corrected chi connectivity index (χ2v) is 6.33. The molecular weight excluding hydrogens is 386 g/mol. The average molecular weight is 402 g/mol. The quantitative estimate of drug-likeness (QED) is 0.501. The molecule has 1 amide bonds. The Hall–Kier alpha value is -3.32. The predicted molar refractivity (Wildman–Crippen MR) is 104 cm³/mol. The molecule has 0 aliphatic heterocycles. The first-order valence-corrected chi connectivity index (χ1v) is 8.67. The lowest BCUT2D eigenvalue weighted by atomic mass is 10.1. The molecule has 144 valence electrons. The lowest BCUT2D eigenvalue weighted by Crippen LogP contribution is -2.15. The van der Waals surface area contributed by atoms with E-state index in [1.807, 2.05) is 0 Å². The Balaban J connectivity index is 1.68. The molecule has 3 aromatic rings. The van der Waals surface area contributed by atoms with Crippen molar-refractivity contribution in [1.82, 2.24) is 0 Å². The number of halogens is 1. The van der Waals surface area contributed by atoms with Crippen LogP contribution in [0.3, 0.4) is 0 Å². The van der Waals surface area contributed by atoms with Gasteiger partial charge in [0.1, 0.15) is 17.9 Å². The normalized spacial score (nSPS) is 10.5. The van der Waals surface area contributed by atoms with Crippen molar-refractivity contribution in [2.45, 2.75) is 13.5 Å². The summed E-state index contributed by atoms with van der Waals surface area (Å²) in [5.74, 6) is -0.400. The fourth-order valence-electron chi connectivity index (χ4n) is 2.53. The van der Waals surface area contributed by atoms with Crippen molar-refractivity contribution in [2.75, 3.05) is 11.9 Å². The molecular formula is C20H16ClNO6. The van der Waals surface area contributed by atoms with E-state index < -0.39 is 11.6 Å². The summed E-state index contributed by atoms with van der Waals surface area (Å²) in [6, 6.07) is 12.8. The smallest absolute Gasteiger partial charge is 0.344 e. The topological polar surface area (TPSA) is 94.8 Å². The molecule has 28 heavy (non-hydrogen) atoms. The number of hydrogen-bond donors (Lipinski definition) is 1. The molecule has 1 heterocycles. The van der Waals surface area contributed by atoms with Crippen LogP contribution in [0.25, 0.3) is 11.0 Å². The Morgan fingerprint density at radius 3 is 2.71 bits per heavy atom. The van der Waals surface area contributed by atoms with E-state index in [0.717, 1.165) is 0 Å². The third kappa shape index (κ3) is 5.11. The van der Waals surface area contributed by atoms with Crippen LogP contribution in [0, 0.1) is 0 Å². The lowest BCUT2D eigenvalue weighted by Gasteiger charge is -2.09. The summed E-state index contributed by atoms with van der Waals surface area (Å²) in [6.45, 7) is 0.952. The van der Waals surface area contributed by atoms with Gasteiger partial charge < -0.3 is 19.2 Å². The zero-order valence-electron chi connectivity index (χ0n) is 14.9. The number of fused-ring (bicyclic) bond motifs is 1. The van der Waals surface area contributed by atoms with Gasteiger partial charge in [-0.2, -0.15) is 0 Å². The molecule has 0 saturated heterocycles. The van der Waals surface area contributed by atoms with Crippen molar-refractivity contribution in [1.29, 1.82) is 0 Å². The number of amides is 1. The van der Waals surface area contributed by atoms with Gasteiger partial charge in [0.15, 0.2) is 6.61 Å². The van der Waals surface area contributed by atoms with Crippen LogP contribution in [0.15, 0.2) is 57.7 Å². The molecule has 3 rings (SSSR count). The third-order valence-electron chi connectivity index (χ3n) is 3.69. The largest absolute Gasteiger partial charge is 0.482 e. The van der Waals surface area contributed by atoms with Gasteiger partial charge in [-0.15, -0.1) is 0 Å². The third-order valence-corrected chi connectivity index (χ3v) is 3.93. The monoisotopic (exact) mass is 401 g/mol. The molecule has 2 aromatic carbocycles. The second-order valence-electron chi connectivity index (χ2n) is 5.89. The molecule has 0 bridgehead atoms. The summed E-state index contributed by atoms with van der Waals surface area (Å²) in [6.07, 6.45) is 0. The minimum absolute atomic E-state index is 0.126. The van der Waals surface area contributed by atoms with E-state index in [4.69, 9.17) is 25.5 Å². The van der Waals surface area contributed by atoms with Crippen molar-refractivity contribution in [2.24, 2.45) is 0 Å². The summed E-state index contributed by atoms with van der Waals surface area (Å²) < 4.78 is 15.7. The Morgan fingerprint density at radius 2 is 1.96 bits per heavy atom. The summed E-state index contributed by atoms with van der Waals surface area (Å²) in [5, 5.41) is 3.70. The first kappa shape index (κ1) is 19.4. The first-order chi connectivity index (χ1) is 13.4. The maximum absolute atomic E-state index is 11.9. The highest BCUT2D eigenvalue weighted by molar-refractivity contribution is 6.30. The van der Waals surface area contributed by atoms with Crippen LogP contribution in [0.1, 0.15) is 12.5 Å². The average Bonchev–Trinajstić information content (AvgIpc) is 2.63. The fraction of sp³-hybridized carbons (Fsp3) is 0.150. The van der Waals surface area contributed by atoms with Crippen molar-refractivity contribution in [3.05, 3.63) is 69.5 Å². The standard InChI is InChI=1S/C20H16ClNO6/c1-12(23)22-15-5-6-17-13(7-19(24)28-18(17)9-15)10-27-20(25)11-26-16-4-2-3-14(21)8-16/h2-9H,10-11H2,1H3,(H,22,23). The number of benzene rings is 2. The predicted octanol–water partition coefficient (Wildman–Crippen LogP) is 3.53. The molecule has 0 fully saturated rings. The first-order valence-electron chi connectivity index (χ1n) is 8.29. The van der Waals surface area contributed by atoms with Crippen LogP contribution >= 0.6 is 11.6 Å². The molecule has 0 aliphatic carbocycles. The van der Waals surface area contributed by atoms with Gasteiger partial charge in [0.2, 0.25) is 5.91 Å². The Bertz CT molecular complexity index is 1090. The van der Waals surface area contributed by atoms with Crippen molar-refractivity contribution >= 4 is 40.1 Å². The van der Waals surface area contributed by atoms with Crippen LogP contribution in [-0.4, -0.2) is 18.5 Å². The summed E-state index contributed by atoms with van der Waals surface area (Å²) in [7, 11) is 0. The van der Waals surface area contributed by atoms with E-state index in [1.54, 1.807) is 36.4 Å². The van der Waals surface area contributed by atoms with Gasteiger partial charge >= 0.3 is 11.6 Å². The van der Waals surface area contributed by atoms with Crippen molar-refractivity contribution in [3.8, 4) is 5.75 Å². The zero-order chi connectivity index (χ0) is 20.1. The Kier molecular flexibility index (Phi) is 5.96. The van der Waals surface area contributed by atoms with E-state index in [9.17, 15) is 14.4 Å². The van der Waals surface area contributed by atoms with E-state index in [-0.39, 0.29) is 24.7 Å². The van der Waals surface area contributed by atoms with Gasteiger partial charge in [-0.1, -0.05) is 17.7 Å². The summed E-state index contributed by atoms with van der Waals surface area (Å²) >= 11 is 5.85. The number of carbonyl (C=O) groups excluding carboxylic acids is 2. The van der Waals surface area contributed by atoms with E-state index >= 15 is 0 Å². The minimum Gasteiger partial charge on any atom is -0.482 e. The van der Waals surface area contributed by atoms with E-state index in [2.05, 4.69) is 5.32 Å². The molecule has 0 atom stereocenters. The van der Waals surface area contributed by atoms with Crippen LogP contribution in [0.2, 0.25) is 5.02 Å². The maximum Gasteiger partial charge on any atom is 0.344 e. The number of esters is 1. The Labute approximate surface area is 164 Å². The molecule has 0 aliphatic rings.